The van der Waals surface area contributed by atoms with Crippen LogP contribution in [-0.4, -0.2) is 72.9 Å². The first-order valence-electron chi connectivity index (χ1n) is 10.9. The summed E-state index contributed by atoms with van der Waals surface area (Å²) in [6.45, 7) is 16.9. The zero-order valence-corrected chi connectivity index (χ0v) is 20.9. The summed E-state index contributed by atoms with van der Waals surface area (Å²) in [5, 5.41) is 2.73. The molecule has 1 heterocycles. The number of imidazole rings is 1. The fraction of sp³-hybridized carbons (Fsp3) is 0.222. The predicted molar refractivity (Wildman–Crippen MR) is 142 cm³/mol. The first-order valence-corrected chi connectivity index (χ1v) is 10.9. The molecular formula is C27H33N5O3. The van der Waals surface area contributed by atoms with Crippen molar-refractivity contribution < 1.29 is 14.3 Å². The summed E-state index contributed by atoms with van der Waals surface area (Å²) in [7, 11) is 7.14. The van der Waals surface area contributed by atoms with Crippen molar-refractivity contribution in [3.63, 3.8) is 0 Å². The molecule has 8 heteroatoms. The van der Waals surface area contributed by atoms with Gasteiger partial charge in [0.15, 0.2) is 0 Å². The third-order valence-corrected chi connectivity index (χ3v) is 5.19. The summed E-state index contributed by atoms with van der Waals surface area (Å²) >= 11 is 0. The largest absolute Gasteiger partial charge is 0.495 e. The minimum Gasteiger partial charge on any atom is -0.495 e. The van der Waals surface area contributed by atoms with Crippen molar-refractivity contribution in [1.82, 2.24) is 19.8 Å². The van der Waals surface area contributed by atoms with E-state index in [4.69, 9.17) is 4.74 Å². The van der Waals surface area contributed by atoms with Gasteiger partial charge in [-0.05, 0) is 43.9 Å². The van der Waals surface area contributed by atoms with E-state index in [0.717, 1.165) is 6.54 Å². The summed E-state index contributed by atoms with van der Waals surface area (Å²) in [5.41, 5.74) is 2.96. The maximum atomic E-state index is 12.8. The molecule has 35 heavy (non-hydrogen) atoms. The quantitative estimate of drug-likeness (QED) is 0.354. The number of nitrogens with zero attached hydrogens (tertiary/aromatic N) is 3. The van der Waals surface area contributed by atoms with Gasteiger partial charge in [0.1, 0.15) is 17.1 Å². The van der Waals surface area contributed by atoms with E-state index in [0.29, 0.717) is 46.0 Å². The Morgan fingerprint density at radius 3 is 2.29 bits per heavy atom. The van der Waals surface area contributed by atoms with E-state index < -0.39 is 5.91 Å². The predicted octanol–water partition coefficient (Wildman–Crippen LogP) is 4.22. The number of amides is 2. The molecule has 8 nitrogen and oxygen atoms in total. The Balaban J connectivity index is 2.19. The molecule has 0 saturated heterocycles. The molecule has 2 aromatic rings. The maximum Gasteiger partial charge on any atom is 0.257 e. The van der Waals surface area contributed by atoms with Gasteiger partial charge in [-0.15, -0.1) is 0 Å². The Morgan fingerprint density at radius 1 is 1.09 bits per heavy atom. The lowest BCUT2D eigenvalue weighted by Gasteiger charge is -2.19. The average Bonchev–Trinajstić information content (AvgIpc) is 3.27. The van der Waals surface area contributed by atoms with E-state index in [9.17, 15) is 9.59 Å². The van der Waals surface area contributed by atoms with Crippen molar-refractivity contribution in [3.05, 3.63) is 96.9 Å². The molecular weight excluding hydrogens is 442 g/mol. The Hall–Kier alpha value is -4.17. The zero-order valence-electron chi connectivity index (χ0n) is 20.9. The van der Waals surface area contributed by atoms with Gasteiger partial charge in [-0.2, -0.15) is 0 Å². The highest BCUT2D eigenvalue weighted by atomic mass is 16.5. The van der Waals surface area contributed by atoms with Crippen LogP contribution in [-0.2, 0) is 4.74 Å². The fourth-order valence-corrected chi connectivity index (χ4v) is 3.01. The number of anilines is 1. The van der Waals surface area contributed by atoms with Gasteiger partial charge in [0.2, 0.25) is 5.95 Å². The van der Waals surface area contributed by atoms with E-state index in [1.807, 2.05) is 19.0 Å². The first kappa shape index (κ1) is 27.1. The smallest absolute Gasteiger partial charge is 0.257 e. The van der Waals surface area contributed by atoms with Crippen LogP contribution in [0, 0.1) is 0 Å². The number of hydrogen-bond acceptors (Lipinski definition) is 5. The molecule has 2 N–H and O–H groups in total. The van der Waals surface area contributed by atoms with Gasteiger partial charge in [-0.3, -0.25) is 14.9 Å². The van der Waals surface area contributed by atoms with E-state index >= 15 is 0 Å². The van der Waals surface area contributed by atoms with E-state index in [1.54, 1.807) is 54.4 Å². The number of carbonyl (C=O) groups excluding carboxylic acids is 2. The van der Waals surface area contributed by atoms with Crippen molar-refractivity contribution in [2.75, 3.05) is 46.7 Å². The molecule has 0 unspecified atom stereocenters. The van der Waals surface area contributed by atoms with Crippen LogP contribution in [0.5, 0.6) is 0 Å². The topological polar surface area (TPSA) is 90.6 Å². The molecule has 2 amide bonds. The summed E-state index contributed by atoms with van der Waals surface area (Å²) in [5.74, 6) is 0.0246. The third kappa shape index (κ3) is 7.15. The monoisotopic (exact) mass is 475 g/mol. The van der Waals surface area contributed by atoms with E-state index in [-0.39, 0.29) is 11.9 Å². The number of carbonyl (C=O) groups is 2. The summed E-state index contributed by atoms with van der Waals surface area (Å²) in [4.78, 5) is 36.5. The number of rotatable bonds is 12. The Kier molecular flexibility index (Phi) is 9.54. The average molecular weight is 476 g/mol. The van der Waals surface area contributed by atoms with Crippen LogP contribution in [0.3, 0.4) is 0 Å². The summed E-state index contributed by atoms with van der Waals surface area (Å²) in [6.07, 6.45) is 5.12. The van der Waals surface area contributed by atoms with Crippen LogP contribution < -0.4 is 5.32 Å². The van der Waals surface area contributed by atoms with E-state index in [2.05, 4.69) is 41.6 Å². The molecule has 1 aromatic heterocycles. The molecule has 0 radical (unpaired) electrons. The number of methoxy groups -OCH3 is 1. The Labute approximate surface area is 207 Å². The van der Waals surface area contributed by atoms with Gasteiger partial charge < -0.3 is 19.5 Å². The molecule has 0 bridgehead atoms. The number of aromatic amines is 1. The molecule has 1 aromatic carbocycles. The maximum absolute atomic E-state index is 12.8. The van der Waals surface area contributed by atoms with Gasteiger partial charge in [-0.25, -0.2) is 4.98 Å². The standard InChI is InChI=1S/C27H33N5O3/c1-9-10-11-18(2)19(3)23-24(20(4)35-8)29-27(28-23)30-25(33)21-12-14-22(15-13-21)26(34)32(7)17-16-31(5)6/h9-15H,1-4,16-17H2,5-8H3,(H2,28,29,30,33)/b11-10-. The Morgan fingerprint density at radius 2 is 1.71 bits per heavy atom. The number of nitrogens with one attached hydrogen (secondary N) is 2. The van der Waals surface area contributed by atoms with Crippen LogP contribution in [0.25, 0.3) is 11.3 Å². The van der Waals surface area contributed by atoms with Crippen molar-refractivity contribution in [1.29, 1.82) is 0 Å². The fourth-order valence-electron chi connectivity index (χ4n) is 3.01. The van der Waals surface area contributed by atoms with Gasteiger partial charge in [0, 0.05) is 36.8 Å². The van der Waals surface area contributed by atoms with Gasteiger partial charge in [0.25, 0.3) is 11.8 Å². The molecule has 184 valence electrons. The highest BCUT2D eigenvalue weighted by molar-refractivity contribution is 6.04. The van der Waals surface area contributed by atoms with Gasteiger partial charge in [-0.1, -0.05) is 44.5 Å². The highest BCUT2D eigenvalue weighted by Crippen LogP contribution is 2.28. The SMILES string of the molecule is C=C/C=C\C(=C)C(=C)c1nc(NC(=O)c2ccc(C(=O)N(C)CCN(C)C)cc2)[nH]c1C(=C)OC. The normalized spacial score (nSPS) is 10.8. The lowest BCUT2D eigenvalue weighted by Crippen LogP contribution is -2.33. The number of benzene rings is 1. The summed E-state index contributed by atoms with van der Waals surface area (Å²) < 4.78 is 5.25. The molecule has 0 spiro atoms. The van der Waals surface area contributed by atoms with Gasteiger partial charge in [0.05, 0.1) is 7.11 Å². The number of allylic oxidation sites excluding steroid dienone is 5. The number of H-pyrrole nitrogens is 1. The van der Waals surface area contributed by atoms with Crippen molar-refractivity contribution in [2.24, 2.45) is 0 Å². The van der Waals surface area contributed by atoms with Crippen LogP contribution in [0.1, 0.15) is 32.1 Å². The highest BCUT2D eigenvalue weighted by Gasteiger charge is 2.19. The summed E-state index contributed by atoms with van der Waals surface area (Å²) in [6, 6.07) is 6.46. The molecule has 0 aliphatic carbocycles. The van der Waals surface area contributed by atoms with Crippen molar-refractivity contribution in [2.45, 2.75) is 0 Å². The second-order valence-electron chi connectivity index (χ2n) is 8.10. The molecule has 0 saturated carbocycles. The van der Waals surface area contributed by atoms with Crippen LogP contribution in [0.15, 0.2) is 74.4 Å². The molecule has 0 fully saturated rings. The van der Waals surface area contributed by atoms with Crippen LogP contribution in [0.2, 0.25) is 0 Å². The zero-order chi connectivity index (χ0) is 26.1. The second-order valence-corrected chi connectivity index (χ2v) is 8.10. The Bertz CT molecular complexity index is 1160. The van der Waals surface area contributed by atoms with Crippen LogP contribution >= 0.6 is 0 Å². The van der Waals surface area contributed by atoms with Crippen molar-refractivity contribution in [3.8, 4) is 0 Å². The van der Waals surface area contributed by atoms with Gasteiger partial charge >= 0.3 is 0 Å². The molecule has 0 atom stereocenters. The second kappa shape index (κ2) is 12.3. The minimum atomic E-state index is -0.393. The molecule has 0 aliphatic rings. The number of aromatic nitrogens is 2. The van der Waals surface area contributed by atoms with E-state index in [1.165, 1.54) is 7.11 Å². The molecule has 2 rings (SSSR count). The van der Waals surface area contributed by atoms with Crippen LogP contribution in [0.4, 0.5) is 5.95 Å². The minimum absolute atomic E-state index is 0.110. The third-order valence-electron chi connectivity index (χ3n) is 5.19. The number of ether oxygens (including phenoxy) is 1. The molecule has 0 aliphatic heterocycles. The number of likely N-dealkylation sites (N-methyl/N-ethyl adjacent to an activating group) is 2. The lowest BCUT2D eigenvalue weighted by atomic mass is 10.0. The first-order chi connectivity index (χ1) is 16.6. The number of hydrogen-bond donors (Lipinski definition) is 2. The lowest BCUT2D eigenvalue weighted by molar-refractivity contribution is 0.0785. The van der Waals surface area contributed by atoms with Crippen molar-refractivity contribution >= 4 is 29.1 Å².